The molecular weight excluding hydrogens is 865 g/mol. The molecule has 6 atom stereocenters. The van der Waals surface area contributed by atoms with E-state index in [1.807, 2.05) is 72.8 Å². The molecule has 6 rings (SSSR count). The Morgan fingerprint density at radius 2 is 1.36 bits per heavy atom. The number of allylic oxidation sites excluding steroid dienone is 1. The highest BCUT2D eigenvalue weighted by atomic mass is 32.2. The van der Waals surface area contributed by atoms with Gasteiger partial charge in [0.2, 0.25) is 0 Å². The van der Waals surface area contributed by atoms with E-state index in [0.717, 1.165) is 45.9 Å². The molecule has 11 heteroatoms. The molecule has 4 aromatic carbocycles. The molecule has 9 nitrogen and oxygen atoms in total. The number of ether oxygens (including phenoxy) is 7. The first-order valence-electron chi connectivity index (χ1n) is 23.4. The number of Topliss-reactive ketones (excluding diaryl/α,β-unsaturated/α-hetero) is 1. The minimum atomic E-state index is -2.21. The van der Waals surface area contributed by atoms with Crippen LogP contribution in [0.15, 0.2) is 126 Å². The van der Waals surface area contributed by atoms with Crippen LogP contribution in [0.3, 0.4) is 0 Å². The molecule has 0 amide bonds. The summed E-state index contributed by atoms with van der Waals surface area (Å²) in [5.41, 5.74) is 2.77. The number of thioether (sulfide) groups is 1. The van der Waals surface area contributed by atoms with Crippen LogP contribution in [0.4, 0.5) is 0 Å². The van der Waals surface area contributed by atoms with Crippen LogP contribution in [0.1, 0.15) is 77.0 Å². The van der Waals surface area contributed by atoms with E-state index in [4.69, 9.17) is 37.6 Å². The summed E-state index contributed by atoms with van der Waals surface area (Å²) >= 11 is 1.78. The van der Waals surface area contributed by atoms with Crippen molar-refractivity contribution in [2.75, 3.05) is 41.3 Å². The minimum absolute atomic E-state index is 0.00797. The lowest BCUT2D eigenvalue weighted by Gasteiger charge is -2.48. The molecule has 0 spiro atoms. The van der Waals surface area contributed by atoms with Crippen molar-refractivity contribution in [1.82, 2.24) is 0 Å². The average molecular weight is 939 g/mol. The van der Waals surface area contributed by atoms with Crippen molar-refractivity contribution in [2.45, 2.75) is 126 Å². The smallest absolute Gasteiger partial charge is 0.191 e. The normalized spacial score (nSPS) is 22.0. The van der Waals surface area contributed by atoms with Crippen molar-refractivity contribution in [2.24, 2.45) is 17.3 Å². The Balaban J connectivity index is 1.57. The summed E-state index contributed by atoms with van der Waals surface area (Å²) in [6.45, 7) is 17.3. The van der Waals surface area contributed by atoms with Crippen LogP contribution in [0, 0.1) is 17.3 Å². The van der Waals surface area contributed by atoms with Crippen LogP contribution >= 0.6 is 11.8 Å². The number of rotatable bonds is 23. The van der Waals surface area contributed by atoms with Gasteiger partial charge in [-0.05, 0) is 95.9 Å². The van der Waals surface area contributed by atoms with Crippen molar-refractivity contribution >= 4 is 25.9 Å². The molecule has 0 saturated heterocycles. The molecule has 2 bridgehead atoms. The summed E-state index contributed by atoms with van der Waals surface area (Å²) in [6.07, 6.45) is 3.54. The van der Waals surface area contributed by atoms with Crippen molar-refractivity contribution in [3.05, 3.63) is 138 Å². The Kier molecular flexibility index (Phi) is 18.4. The molecule has 2 aliphatic rings. The fraction of sp³-hybridized carbons (Fsp3) is 0.509. The molecule has 0 heterocycles. The van der Waals surface area contributed by atoms with Crippen LogP contribution in [-0.4, -0.2) is 78.5 Å². The summed E-state index contributed by atoms with van der Waals surface area (Å²) in [6, 6.07) is 36.7. The van der Waals surface area contributed by atoms with Crippen LogP contribution in [0.2, 0.25) is 18.1 Å². The second-order valence-electron chi connectivity index (χ2n) is 19.8. The molecule has 0 radical (unpaired) electrons. The number of ketones is 1. The van der Waals surface area contributed by atoms with E-state index in [2.05, 4.69) is 90.2 Å². The third kappa shape index (κ3) is 13.0. The van der Waals surface area contributed by atoms with Crippen molar-refractivity contribution in [3.63, 3.8) is 0 Å². The van der Waals surface area contributed by atoms with Gasteiger partial charge in [0.05, 0.1) is 46.8 Å². The first-order chi connectivity index (χ1) is 31.6. The highest BCUT2D eigenvalue weighted by Gasteiger charge is 2.55. The number of carbonyl (C=O) groups is 1. The lowest BCUT2D eigenvalue weighted by Crippen LogP contribution is -2.59. The van der Waals surface area contributed by atoms with Gasteiger partial charge in [0, 0.05) is 42.1 Å². The zero-order chi connectivity index (χ0) is 47.4. The molecule has 1 fully saturated rings. The third-order valence-electron chi connectivity index (χ3n) is 14.3. The zero-order valence-corrected chi connectivity index (χ0v) is 42.8. The van der Waals surface area contributed by atoms with Gasteiger partial charge in [-0.2, -0.15) is 0 Å². The molecule has 0 N–H and O–H groups in total. The van der Waals surface area contributed by atoms with Crippen molar-refractivity contribution < 1.29 is 42.4 Å². The standard InChI is InChI=1S/C55H74O9SSi/c1-53(2,3)66(9,10)64-32-31-51(61-36-42-23-28-45(59-8)29-24-42)55(63-37-40-17-13-11-14-18-40,38-60-35-41-21-26-44(58-7)27-22-41)48-34-49(56)52(62-39-57-6)47-30-25-43(54(47,4)5)33-50(48)65-46-19-15-12-16-20-46/h11-24,26-29,33,47-48,50-52H,25,30-32,34-39H2,1-10H3/b43-33-/t47-,48-,50-,51-,52-,55-/m1/s1. The van der Waals surface area contributed by atoms with Crippen molar-refractivity contribution in [1.29, 1.82) is 0 Å². The summed E-state index contributed by atoms with van der Waals surface area (Å²) < 4.78 is 52.0. The predicted molar refractivity (Wildman–Crippen MR) is 266 cm³/mol. The number of hydrogen-bond acceptors (Lipinski definition) is 10. The lowest BCUT2D eigenvalue weighted by atomic mass is 9.74. The van der Waals surface area contributed by atoms with E-state index < -0.39 is 32.0 Å². The number of carbonyl (C=O) groups excluding carboxylic acids is 1. The van der Waals surface area contributed by atoms with E-state index >= 15 is 4.79 Å². The molecule has 2 aliphatic carbocycles. The molecule has 0 unspecified atom stereocenters. The van der Waals surface area contributed by atoms with Crippen molar-refractivity contribution in [3.8, 4) is 11.5 Å². The molecular formula is C55H74O9SSi. The Hall–Kier alpha value is -3.78. The predicted octanol–water partition coefficient (Wildman–Crippen LogP) is 12.3. The molecule has 0 aliphatic heterocycles. The Bertz CT molecular complexity index is 2120. The van der Waals surface area contributed by atoms with Gasteiger partial charge < -0.3 is 37.6 Å². The summed E-state index contributed by atoms with van der Waals surface area (Å²) in [7, 11) is 2.74. The zero-order valence-electron chi connectivity index (χ0n) is 41.0. The quantitative estimate of drug-likeness (QED) is 0.0407. The molecule has 66 heavy (non-hydrogen) atoms. The molecule has 0 aromatic heterocycles. The maximum Gasteiger partial charge on any atom is 0.191 e. The highest BCUT2D eigenvalue weighted by molar-refractivity contribution is 8.00. The van der Waals surface area contributed by atoms with Gasteiger partial charge in [-0.25, -0.2) is 0 Å². The minimum Gasteiger partial charge on any atom is -0.497 e. The van der Waals surface area contributed by atoms with Gasteiger partial charge >= 0.3 is 0 Å². The monoisotopic (exact) mass is 938 g/mol. The van der Waals surface area contributed by atoms with Crippen LogP contribution in [0.5, 0.6) is 11.5 Å². The number of hydrogen-bond donors (Lipinski definition) is 0. The Labute approximate surface area is 400 Å². The topological polar surface area (TPSA) is 90.9 Å². The number of methoxy groups -OCH3 is 3. The van der Waals surface area contributed by atoms with E-state index in [1.165, 1.54) is 5.57 Å². The van der Waals surface area contributed by atoms with Crippen LogP contribution in [0.25, 0.3) is 0 Å². The van der Waals surface area contributed by atoms with Gasteiger partial charge in [0.25, 0.3) is 0 Å². The number of benzene rings is 4. The van der Waals surface area contributed by atoms with Gasteiger partial charge in [-0.1, -0.05) is 119 Å². The highest BCUT2D eigenvalue weighted by Crippen LogP contribution is 2.54. The van der Waals surface area contributed by atoms with Crippen LogP contribution < -0.4 is 9.47 Å². The maximum atomic E-state index is 15.5. The second kappa shape index (κ2) is 23.5. The van der Waals surface area contributed by atoms with Crippen LogP contribution in [-0.2, 0) is 52.7 Å². The van der Waals surface area contributed by atoms with E-state index in [-0.39, 0.29) is 60.4 Å². The van der Waals surface area contributed by atoms with Gasteiger partial charge in [0.15, 0.2) is 14.1 Å². The largest absolute Gasteiger partial charge is 0.497 e. The van der Waals surface area contributed by atoms with Gasteiger partial charge in [-0.3, -0.25) is 4.79 Å². The Morgan fingerprint density at radius 1 is 0.773 bits per heavy atom. The van der Waals surface area contributed by atoms with Gasteiger partial charge in [0.1, 0.15) is 30.0 Å². The van der Waals surface area contributed by atoms with E-state index in [9.17, 15) is 0 Å². The third-order valence-corrected chi connectivity index (χ3v) is 20.1. The van der Waals surface area contributed by atoms with E-state index in [1.54, 1.807) is 33.1 Å². The lowest BCUT2D eigenvalue weighted by molar-refractivity contribution is -0.217. The summed E-state index contributed by atoms with van der Waals surface area (Å²) in [5, 5.41) is -0.245. The molecule has 358 valence electrons. The van der Waals surface area contributed by atoms with E-state index in [0.29, 0.717) is 19.6 Å². The average Bonchev–Trinajstić information content (AvgIpc) is 3.61. The summed E-state index contributed by atoms with van der Waals surface area (Å²) in [5.74, 6) is 1.07. The second-order valence-corrected chi connectivity index (χ2v) is 25.9. The van der Waals surface area contributed by atoms with Gasteiger partial charge in [-0.15, -0.1) is 11.8 Å². The fourth-order valence-electron chi connectivity index (χ4n) is 9.17. The number of fused-ring (bicyclic) bond motifs is 2. The fourth-order valence-corrected chi connectivity index (χ4v) is 11.6. The Morgan fingerprint density at radius 3 is 1.95 bits per heavy atom. The molecule has 4 aromatic rings. The maximum absolute atomic E-state index is 15.5. The summed E-state index contributed by atoms with van der Waals surface area (Å²) in [4.78, 5) is 16.6. The first-order valence-corrected chi connectivity index (χ1v) is 27.2. The molecule has 1 saturated carbocycles. The first kappa shape index (κ1) is 51.6. The SMILES string of the molecule is COCO[C@H]1C(=O)C[C@@H]([C@@](COCc2ccc(OC)cc2)(OCc2ccccc2)[C@@H](CCO[Si](C)(C)C(C)(C)C)OCc2ccc(OC)cc2)[C@H](Sc2ccccc2)/C=C2/CC[C@H]1C2(C)C.